The zero-order valence-electron chi connectivity index (χ0n) is 19.1. The molecule has 5 rings (SSSR count). The summed E-state index contributed by atoms with van der Waals surface area (Å²) >= 11 is 12.4. The molecule has 2 amide bonds. The van der Waals surface area contributed by atoms with E-state index in [1.807, 2.05) is 13.8 Å². The van der Waals surface area contributed by atoms with Gasteiger partial charge < -0.3 is 0 Å². The summed E-state index contributed by atoms with van der Waals surface area (Å²) in [7, 11) is 0. The average Bonchev–Trinajstić information content (AvgIpc) is 3.11. The van der Waals surface area contributed by atoms with E-state index in [-0.39, 0.29) is 11.3 Å². The van der Waals surface area contributed by atoms with E-state index < -0.39 is 33.0 Å². The van der Waals surface area contributed by atoms with E-state index in [1.54, 1.807) is 12.1 Å². The maximum Gasteiger partial charge on any atom is 0.269 e. The minimum Gasteiger partial charge on any atom is -0.272 e. The van der Waals surface area contributed by atoms with Crippen molar-refractivity contribution in [3.8, 4) is 0 Å². The molecule has 1 saturated carbocycles. The number of fused-ring (bicyclic) bond motifs is 6. The molecule has 2 atom stereocenters. The van der Waals surface area contributed by atoms with E-state index >= 15 is 0 Å². The number of rotatable bonds is 3. The Balaban J connectivity index is 1.50. The topological polar surface area (TPSA) is 127 Å². The largest absolute Gasteiger partial charge is 0.272 e. The molecule has 3 aromatic rings. The van der Waals surface area contributed by atoms with Crippen LogP contribution in [0.1, 0.15) is 55.4 Å². The average molecular weight is 514 g/mol. The van der Waals surface area contributed by atoms with Crippen molar-refractivity contribution >= 4 is 51.7 Å². The van der Waals surface area contributed by atoms with Crippen LogP contribution in [0.3, 0.4) is 0 Å². The van der Waals surface area contributed by atoms with Crippen molar-refractivity contribution in [2.45, 2.75) is 44.4 Å². The van der Waals surface area contributed by atoms with Crippen LogP contribution in [0.4, 0.5) is 5.69 Å². The molecule has 1 fully saturated rings. The molecular formula is C24H21Cl2N5O4. The summed E-state index contributed by atoms with van der Waals surface area (Å²) < 4.78 is 0. The van der Waals surface area contributed by atoms with Crippen LogP contribution < -0.4 is 10.9 Å². The Morgan fingerprint density at radius 3 is 2.09 bits per heavy atom. The van der Waals surface area contributed by atoms with Gasteiger partial charge >= 0.3 is 0 Å². The Morgan fingerprint density at radius 1 is 0.943 bits per heavy atom. The van der Waals surface area contributed by atoms with Crippen molar-refractivity contribution in [1.82, 2.24) is 20.8 Å². The molecule has 2 N–H and O–H groups in total. The number of nitro groups is 1. The first-order chi connectivity index (χ1) is 16.4. The number of carbonyl (C=O) groups is 2. The molecule has 35 heavy (non-hydrogen) atoms. The van der Waals surface area contributed by atoms with E-state index in [4.69, 9.17) is 33.2 Å². The molecule has 0 aliphatic heterocycles. The molecule has 1 aromatic heterocycles. The molecule has 2 bridgehead atoms. The molecule has 9 nitrogen and oxygen atoms in total. The molecule has 1 heterocycles. The van der Waals surface area contributed by atoms with Crippen LogP contribution in [0.15, 0.2) is 36.4 Å². The van der Waals surface area contributed by atoms with Crippen LogP contribution in [0.25, 0.3) is 11.0 Å². The second-order valence-corrected chi connectivity index (χ2v) is 10.6. The van der Waals surface area contributed by atoms with E-state index in [2.05, 4.69) is 17.8 Å². The minimum absolute atomic E-state index is 0.133. The van der Waals surface area contributed by atoms with Gasteiger partial charge in [0.1, 0.15) is 5.41 Å². The highest BCUT2D eigenvalue weighted by atomic mass is 35.5. The first-order valence-corrected chi connectivity index (χ1v) is 11.7. The SMILES string of the molecule is CC12CCC(C(=O)NNC(=O)c3ccc([N+](=O)[O-])cc3)(c3nc4cc(Cl)c(Cl)cc4nc31)C2(C)C. The lowest BCUT2D eigenvalue weighted by atomic mass is 9.63. The quantitative estimate of drug-likeness (QED) is 0.388. The first kappa shape index (κ1) is 23.4. The highest BCUT2D eigenvalue weighted by molar-refractivity contribution is 6.42. The Kier molecular flexibility index (Phi) is 5.09. The Morgan fingerprint density at radius 2 is 1.51 bits per heavy atom. The highest BCUT2D eigenvalue weighted by Crippen LogP contribution is 2.70. The lowest BCUT2D eigenvalue weighted by molar-refractivity contribution is -0.384. The van der Waals surface area contributed by atoms with Gasteiger partial charge in [0, 0.05) is 23.1 Å². The van der Waals surface area contributed by atoms with Crippen molar-refractivity contribution in [3.63, 3.8) is 0 Å². The molecule has 2 aliphatic carbocycles. The third-order valence-corrected chi connectivity index (χ3v) is 8.82. The number of hydrogen-bond donors (Lipinski definition) is 2. The van der Waals surface area contributed by atoms with Gasteiger partial charge in [-0.2, -0.15) is 0 Å². The minimum atomic E-state index is -1.03. The van der Waals surface area contributed by atoms with Crippen molar-refractivity contribution < 1.29 is 14.5 Å². The summed E-state index contributed by atoms with van der Waals surface area (Å²) in [5.74, 6) is -0.985. The summed E-state index contributed by atoms with van der Waals surface area (Å²) in [6.07, 6.45) is 1.25. The fourth-order valence-electron chi connectivity index (χ4n) is 5.63. The number of benzene rings is 2. The van der Waals surface area contributed by atoms with Gasteiger partial charge in [0.15, 0.2) is 0 Å². The standard InChI is InChI=1S/C24H21Cl2N5O4/c1-22(2)23(3)8-9-24(22,19-18(23)27-16-10-14(25)15(26)11-17(16)28-19)21(33)30-29-20(32)12-4-6-13(7-5-12)31(34)35/h4-7,10-11H,8-9H2,1-3H3,(H,29,32)(H,30,33). The van der Waals surface area contributed by atoms with E-state index in [9.17, 15) is 19.7 Å². The zero-order chi connectivity index (χ0) is 25.3. The summed E-state index contributed by atoms with van der Waals surface area (Å²) in [5.41, 5.74) is 5.50. The number of nitrogens with one attached hydrogen (secondary N) is 2. The maximum atomic E-state index is 13.8. The van der Waals surface area contributed by atoms with Gasteiger partial charge in [0.2, 0.25) is 0 Å². The second kappa shape index (κ2) is 7.60. The van der Waals surface area contributed by atoms with Gasteiger partial charge in [-0.15, -0.1) is 0 Å². The Bertz CT molecular complexity index is 1440. The number of halogens is 2. The summed E-state index contributed by atoms with van der Waals surface area (Å²) in [6.45, 7) is 6.12. The maximum absolute atomic E-state index is 13.8. The fourth-order valence-corrected chi connectivity index (χ4v) is 5.94. The van der Waals surface area contributed by atoms with Crippen molar-refractivity contribution in [2.24, 2.45) is 5.41 Å². The van der Waals surface area contributed by atoms with Crippen LogP contribution in [-0.4, -0.2) is 26.7 Å². The van der Waals surface area contributed by atoms with Crippen LogP contribution in [-0.2, 0) is 15.6 Å². The lowest BCUT2D eigenvalue weighted by Crippen LogP contribution is -2.55. The molecule has 0 saturated heterocycles. The zero-order valence-corrected chi connectivity index (χ0v) is 20.6. The van der Waals surface area contributed by atoms with Gasteiger partial charge in [-0.05, 0) is 42.5 Å². The third-order valence-electron chi connectivity index (χ3n) is 8.10. The van der Waals surface area contributed by atoms with Gasteiger partial charge in [0.05, 0.1) is 37.4 Å². The third kappa shape index (κ3) is 3.07. The number of hydrogen-bond acceptors (Lipinski definition) is 6. The number of nitro benzene ring substituents is 1. The number of amides is 2. The number of carbonyl (C=O) groups excluding carboxylic acids is 2. The summed E-state index contributed by atoms with van der Waals surface area (Å²) in [6, 6.07) is 8.41. The summed E-state index contributed by atoms with van der Waals surface area (Å²) in [4.78, 5) is 46.4. The van der Waals surface area contributed by atoms with Crippen molar-refractivity contribution in [1.29, 1.82) is 0 Å². The Hall–Kier alpha value is -3.30. The van der Waals surface area contributed by atoms with Gasteiger partial charge in [0.25, 0.3) is 17.5 Å². The molecule has 0 radical (unpaired) electrons. The molecule has 0 spiro atoms. The highest BCUT2D eigenvalue weighted by Gasteiger charge is 2.73. The van der Waals surface area contributed by atoms with Crippen LogP contribution in [0, 0.1) is 15.5 Å². The molecule has 2 aromatic carbocycles. The summed E-state index contributed by atoms with van der Waals surface area (Å²) in [5, 5.41) is 11.6. The van der Waals surface area contributed by atoms with Crippen molar-refractivity contribution in [3.05, 3.63) is 73.5 Å². The molecule has 180 valence electrons. The lowest BCUT2D eigenvalue weighted by Gasteiger charge is -2.39. The number of nitrogens with zero attached hydrogens (tertiary/aromatic N) is 3. The number of non-ortho nitro benzene ring substituents is 1. The van der Waals surface area contributed by atoms with Crippen molar-refractivity contribution in [2.75, 3.05) is 0 Å². The smallest absolute Gasteiger partial charge is 0.269 e. The monoisotopic (exact) mass is 513 g/mol. The van der Waals surface area contributed by atoms with Gasteiger partial charge in [-0.3, -0.25) is 30.6 Å². The van der Waals surface area contributed by atoms with Crippen LogP contribution in [0.2, 0.25) is 10.0 Å². The van der Waals surface area contributed by atoms with E-state index in [0.29, 0.717) is 33.2 Å². The van der Waals surface area contributed by atoms with E-state index in [0.717, 1.165) is 12.1 Å². The number of aromatic nitrogens is 2. The second-order valence-electron chi connectivity index (χ2n) is 9.75. The fraction of sp³-hybridized carbons (Fsp3) is 0.333. The predicted octanol–water partition coefficient (Wildman–Crippen LogP) is 4.64. The van der Waals surface area contributed by atoms with E-state index in [1.165, 1.54) is 24.3 Å². The molecule has 11 heteroatoms. The first-order valence-electron chi connectivity index (χ1n) is 11.0. The van der Waals surface area contributed by atoms with Crippen LogP contribution >= 0.6 is 23.2 Å². The number of hydrazine groups is 1. The predicted molar refractivity (Wildman–Crippen MR) is 130 cm³/mol. The normalized spacial score (nSPS) is 23.7. The molecule has 2 unspecified atom stereocenters. The molecule has 2 aliphatic rings. The Labute approximate surface area is 210 Å². The van der Waals surface area contributed by atoms with Gasteiger partial charge in [-0.25, -0.2) is 9.97 Å². The van der Waals surface area contributed by atoms with Crippen LogP contribution in [0.5, 0.6) is 0 Å². The molecular weight excluding hydrogens is 493 g/mol. The van der Waals surface area contributed by atoms with Gasteiger partial charge in [-0.1, -0.05) is 44.0 Å².